The van der Waals surface area contributed by atoms with Crippen LogP contribution in [0.5, 0.6) is 23.3 Å². The number of fused-ring (bicyclic) bond motifs is 10. The third-order valence-corrected chi connectivity index (χ3v) is 17.9. The zero-order valence-corrected chi connectivity index (χ0v) is 54.2. The summed E-state index contributed by atoms with van der Waals surface area (Å²) in [6.07, 6.45) is 15.2. The number of aromatic nitrogens is 4. The minimum atomic E-state index is -2.98. The van der Waals surface area contributed by atoms with Gasteiger partial charge in [-0.25, -0.2) is 41.3 Å². The molecule has 6 heterocycles. The van der Waals surface area contributed by atoms with Crippen molar-refractivity contribution in [2.45, 2.75) is 201 Å². The number of phenols is 1. The second kappa shape index (κ2) is 31.4. The number of carbonyl (C=O) groups is 4. The SMILES string of the molecule is C[C@@H]1[C@@H]2CN(C(=O)[C@H](C(C)(C)C)CC(=O)O[C@@H]3CCC[C@H]3CCCCCc3nc4ccc(OC(F)F)cc4nc3O2)[C@@H]1[C-]=O.C[C@@H]1[C@@H]2CN(C(=O)[C@H](C(C)(C)C)CC(=O)O[C@@H]3C[C@H]3CCCCCc3nc4ccc(O)cc4nc3O2)[C@@H]1[C-]=O.FCF.[V].[V]. The standard InChI is InChI=1S/C33H42F2N3O6.C30H38N3O6.CH2F2.2V/c1-19-26(18-39)38-17-28(19)44-30-24(36-23-14-13-21(42-32(34)35)15-25(23)37-30)11-7-5-6-9-20-10-8-12-27(20)43-29(40)16-22(31(38)41)33(2,3)4;1-17-24(16-34)33-15-26(17)39-28-22(31-21-11-10-19(35)13-23(21)32-28)9-7-5-6-8-18-12-25(18)38-27(36)14-20(29(33)37)30(2,3)4;2-1-3;;/h13-15,19-20,22,26-28,32H,5-12,16-17H2,1-4H3;10-11,13,17-18,20,24-26,35H,5-9,12,14-15H2,1-4H3;1H2;;/q2*-1;;;/t19-,20+,22+,26+,27+,28-;17-,18+,20+,24+,25+,26-;;;/m00.../s1. The molecule has 88 heavy (non-hydrogen) atoms. The fraction of sp³-hybridized carbons (Fsp3) is 0.656. The van der Waals surface area contributed by atoms with Gasteiger partial charge in [0, 0.05) is 49.2 Å². The van der Waals surface area contributed by atoms with E-state index in [1.165, 1.54) is 21.9 Å². The predicted octanol–water partition coefficient (Wildman–Crippen LogP) is 10.8. The third-order valence-electron chi connectivity index (χ3n) is 17.9. The predicted molar refractivity (Wildman–Crippen MR) is 309 cm³/mol. The fourth-order valence-electron chi connectivity index (χ4n) is 12.7. The van der Waals surface area contributed by atoms with Crippen LogP contribution in [0.25, 0.3) is 22.1 Å². The summed E-state index contributed by atoms with van der Waals surface area (Å²) in [6.45, 7) is 10.7. The Balaban J connectivity index is 0.000000265. The monoisotopic (exact) mass is 1300 g/mol. The minimum Gasteiger partial charge on any atom is -0.540 e. The van der Waals surface area contributed by atoms with Gasteiger partial charge in [-0.15, -0.1) is 0 Å². The van der Waals surface area contributed by atoms with E-state index in [4.69, 9.17) is 33.9 Å². The minimum absolute atomic E-state index is 0. The van der Waals surface area contributed by atoms with Crippen LogP contribution in [0.4, 0.5) is 17.6 Å². The molecule has 6 aliphatic rings. The van der Waals surface area contributed by atoms with E-state index in [0.717, 1.165) is 82.7 Å². The molecule has 18 nitrogen and oxygen atoms in total. The van der Waals surface area contributed by atoms with Crippen molar-refractivity contribution in [2.24, 2.45) is 46.3 Å². The summed E-state index contributed by atoms with van der Waals surface area (Å²) in [7, 11) is 0. The van der Waals surface area contributed by atoms with Gasteiger partial charge in [-0.05, 0) is 123 Å². The number of aryl methyl sites for hydroxylation is 2. The van der Waals surface area contributed by atoms with E-state index in [1.54, 1.807) is 24.3 Å². The van der Waals surface area contributed by atoms with Crippen LogP contribution in [0.1, 0.15) is 157 Å². The number of amides is 2. The number of nitrogens with zero attached hydrogens (tertiary/aromatic N) is 6. The van der Waals surface area contributed by atoms with Gasteiger partial charge in [0.05, 0.1) is 59.8 Å². The van der Waals surface area contributed by atoms with E-state index in [1.807, 2.05) is 61.7 Å². The summed E-state index contributed by atoms with van der Waals surface area (Å²) in [5.74, 6) is -2.14. The molecule has 0 spiro atoms. The summed E-state index contributed by atoms with van der Waals surface area (Å²) in [6, 6.07) is 7.61. The average molecular weight is 1310 g/mol. The fourth-order valence-corrected chi connectivity index (χ4v) is 12.7. The maximum Gasteiger partial charge on any atom is 0.387 e. The number of benzene rings is 2. The van der Waals surface area contributed by atoms with Gasteiger partial charge in [-0.3, -0.25) is 19.2 Å². The van der Waals surface area contributed by atoms with Gasteiger partial charge >= 0.3 is 18.6 Å². The largest absolute Gasteiger partial charge is 0.540 e. The van der Waals surface area contributed by atoms with Crippen molar-refractivity contribution >= 4 is 58.4 Å². The number of halogens is 4. The molecular formula is C64H82F4N6O12V2-2. The van der Waals surface area contributed by atoms with E-state index in [0.29, 0.717) is 58.3 Å². The normalized spacial score (nSPS) is 28.1. The Morgan fingerprint density at radius 2 is 1.05 bits per heavy atom. The molecule has 2 saturated carbocycles. The summed E-state index contributed by atoms with van der Waals surface area (Å²) in [5, 5.41) is 9.98. The van der Waals surface area contributed by atoms with Crippen molar-refractivity contribution in [1.82, 2.24) is 29.7 Å². The number of rotatable bonds is 4. The summed E-state index contributed by atoms with van der Waals surface area (Å²) in [5.41, 5.74) is 2.30. The van der Waals surface area contributed by atoms with Crippen molar-refractivity contribution in [2.75, 3.05) is 20.0 Å². The Morgan fingerprint density at radius 1 is 0.591 bits per heavy atom. The first-order valence-corrected chi connectivity index (χ1v) is 30.4. The Morgan fingerprint density at radius 3 is 1.52 bits per heavy atom. The maximum atomic E-state index is 14.1. The first kappa shape index (κ1) is 71.5. The molecule has 2 amide bonds. The molecule has 24 heteroatoms. The van der Waals surface area contributed by atoms with Crippen molar-refractivity contribution < 1.29 is 112 Å². The molecule has 4 aliphatic heterocycles. The van der Waals surface area contributed by atoms with E-state index in [9.17, 15) is 51.4 Å². The molecule has 2 aromatic heterocycles. The Hall–Kier alpha value is -5.57. The van der Waals surface area contributed by atoms with E-state index >= 15 is 0 Å². The Kier molecular flexibility index (Phi) is 25.5. The van der Waals surface area contributed by atoms with Crippen molar-refractivity contribution in [1.29, 1.82) is 0 Å². The first-order chi connectivity index (χ1) is 40.9. The second-order valence-corrected chi connectivity index (χ2v) is 26.1. The van der Waals surface area contributed by atoms with Gasteiger partial charge in [0.1, 0.15) is 47.3 Å². The van der Waals surface area contributed by atoms with E-state index < -0.39 is 66.4 Å². The first-order valence-electron chi connectivity index (χ1n) is 30.4. The van der Waals surface area contributed by atoms with Gasteiger partial charge < -0.3 is 48.2 Å². The molecule has 4 aromatic rings. The van der Waals surface area contributed by atoms with Gasteiger partial charge in [-0.2, -0.15) is 8.78 Å². The number of hydrogen-bond acceptors (Lipinski definition) is 16. The molecule has 480 valence electrons. The molecule has 10 rings (SSSR count). The number of alkyl halides is 4. The van der Waals surface area contributed by atoms with E-state index in [-0.39, 0.29) is 122 Å². The number of carbonyl (C=O) groups excluding carboxylic acids is 6. The second-order valence-electron chi connectivity index (χ2n) is 26.1. The van der Waals surface area contributed by atoms with Crippen LogP contribution in [0.3, 0.4) is 0 Å². The number of aromatic hydroxyl groups is 1. The average Bonchev–Trinajstić information content (AvgIpc) is 1.68. The molecule has 2 saturated heterocycles. The van der Waals surface area contributed by atoms with Crippen LogP contribution >= 0.6 is 0 Å². The van der Waals surface area contributed by atoms with Gasteiger partial charge in [0.25, 0.3) is 0 Å². The van der Waals surface area contributed by atoms with Crippen LogP contribution in [-0.2, 0) is 88.2 Å². The van der Waals surface area contributed by atoms with Gasteiger partial charge in [-0.1, -0.05) is 93.2 Å². The van der Waals surface area contributed by atoms with Crippen LogP contribution in [0.15, 0.2) is 36.4 Å². The number of hydrogen-bond donors (Lipinski definition) is 1. The van der Waals surface area contributed by atoms with Crippen LogP contribution < -0.4 is 14.2 Å². The van der Waals surface area contributed by atoms with Crippen molar-refractivity contribution in [3.05, 3.63) is 47.8 Å². The number of phenolic OH excluding ortho intramolecular Hbond substituents is 1. The van der Waals surface area contributed by atoms with E-state index in [2.05, 4.69) is 16.0 Å². The quantitative estimate of drug-likeness (QED) is 0.114. The molecule has 2 aromatic carbocycles. The maximum absolute atomic E-state index is 14.1. The third kappa shape index (κ3) is 17.9. The Labute approximate surface area is 536 Å². The summed E-state index contributed by atoms with van der Waals surface area (Å²) in [4.78, 5) is 100. The van der Waals surface area contributed by atoms with Crippen LogP contribution in [-0.4, -0.2) is 134 Å². The molecule has 0 unspecified atom stereocenters. The topological polar surface area (TPSA) is 227 Å². The number of esters is 2. The zero-order chi connectivity index (χ0) is 62.2. The zero-order valence-electron chi connectivity index (χ0n) is 51.4. The van der Waals surface area contributed by atoms with Crippen molar-refractivity contribution in [3.63, 3.8) is 0 Å². The molecule has 4 bridgehead atoms. The molecule has 4 fully saturated rings. The van der Waals surface area contributed by atoms with Crippen LogP contribution in [0, 0.1) is 46.3 Å². The molecule has 2 aliphatic carbocycles. The summed E-state index contributed by atoms with van der Waals surface area (Å²) < 4.78 is 74.2. The van der Waals surface area contributed by atoms with Gasteiger partial charge in [0.2, 0.25) is 30.5 Å². The van der Waals surface area contributed by atoms with Crippen LogP contribution in [0.2, 0.25) is 0 Å². The summed E-state index contributed by atoms with van der Waals surface area (Å²) >= 11 is 0. The smallest absolute Gasteiger partial charge is 0.387 e. The Bertz CT molecular complexity index is 3060. The van der Waals surface area contributed by atoms with Gasteiger partial charge in [0.15, 0.2) is 0 Å². The number of ether oxygens (including phenoxy) is 5. The molecule has 2 radical (unpaired) electrons. The van der Waals surface area contributed by atoms with Crippen molar-refractivity contribution in [3.8, 4) is 23.3 Å². The molecule has 12 atom stereocenters. The molecule has 1 N–H and O–H groups in total. The molecular weight excluding hydrogens is 1220 g/mol.